The van der Waals surface area contributed by atoms with E-state index in [1.807, 2.05) is 0 Å². The SMILES string of the molecule is CNCc1ccc(F)c(S(=O)(=O)NCc2ccn(C)n2)c1. The van der Waals surface area contributed by atoms with Gasteiger partial charge in [-0.05, 0) is 30.8 Å². The number of nitrogens with one attached hydrogen (secondary N) is 2. The number of aryl methyl sites for hydroxylation is 1. The van der Waals surface area contributed by atoms with Crippen LogP contribution in [0.5, 0.6) is 0 Å². The van der Waals surface area contributed by atoms with Crippen molar-refractivity contribution in [1.29, 1.82) is 0 Å². The summed E-state index contributed by atoms with van der Waals surface area (Å²) in [6.45, 7) is 0.474. The molecule has 21 heavy (non-hydrogen) atoms. The van der Waals surface area contributed by atoms with E-state index in [1.54, 1.807) is 37.1 Å². The molecule has 0 atom stereocenters. The fraction of sp³-hybridized carbons (Fsp3) is 0.308. The van der Waals surface area contributed by atoms with Crippen molar-refractivity contribution < 1.29 is 12.8 Å². The molecule has 0 saturated carbocycles. The van der Waals surface area contributed by atoms with Crippen LogP contribution in [-0.4, -0.2) is 25.2 Å². The molecule has 0 bridgehead atoms. The van der Waals surface area contributed by atoms with Crippen LogP contribution in [0.1, 0.15) is 11.3 Å². The van der Waals surface area contributed by atoms with Gasteiger partial charge in [-0.3, -0.25) is 4.68 Å². The Labute approximate surface area is 123 Å². The summed E-state index contributed by atoms with van der Waals surface area (Å²) in [6.07, 6.45) is 1.71. The summed E-state index contributed by atoms with van der Waals surface area (Å²) >= 11 is 0. The minimum absolute atomic E-state index is 0.0128. The molecular weight excluding hydrogens is 295 g/mol. The number of nitrogens with zero attached hydrogens (tertiary/aromatic N) is 2. The Morgan fingerprint density at radius 3 is 2.67 bits per heavy atom. The van der Waals surface area contributed by atoms with E-state index in [-0.39, 0.29) is 11.4 Å². The molecule has 0 saturated heterocycles. The highest BCUT2D eigenvalue weighted by Crippen LogP contribution is 2.16. The Kier molecular flexibility index (Phi) is 4.71. The predicted octanol–water partition coefficient (Wildman–Crippen LogP) is 0.757. The van der Waals surface area contributed by atoms with Crippen LogP contribution in [0.15, 0.2) is 35.4 Å². The van der Waals surface area contributed by atoms with E-state index < -0.39 is 15.8 Å². The summed E-state index contributed by atoms with van der Waals surface area (Å²) in [7, 11) is -0.455. The Hall–Kier alpha value is -1.77. The Balaban J connectivity index is 2.20. The molecule has 0 unspecified atom stereocenters. The van der Waals surface area contributed by atoms with E-state index in [9.17, 15) is 12.8 Å². The average Bonchev–Trinajstić information content (AvgIpc) is 2.85. The normalized spacial score (nSPS) is 11.8. The maximum Gasteiger partial charge on any atom is 0.243 e. The van der Waals surface area contributed by atoms with Crippen LogP contribution in [-0.2, 0) is 30.2 Å². The van der Waals surface area contributed by atoms with Crippen molar-refractivity contribution in [2.75, 3.05) is 7.05 Å². The van der Waals surface area contributed by atoms with Gasteiger partial charge in [-0.15, -0.1) is 0 Å². The van der Waals surface area contributed by atoms with E-state index in [1.165, 1.54) is 6.07 Å². The van der Waals surface area contributed by atoms with Crippen LogP contribution in [0.2, 0.25) is 0 Å². The van der Waals surface area contributed by atoms with Gasteiger partial charge < -0.3 is 5.32 Å². The lowest BCUT2D eigenvalue weighted by Crippen LogP contribution is -2.25. The van der Waals surface area contributed by atoms with Crippen LogP contribution in [0, 0.1) is 5.82 Å². The molecular formula is C13H17FN4O2S. The molecule has 8 heteroatoms. The van der Waals surface area contributed by atoms with Crippen molar-refractivity contribution in [3.05, 3.63) is 47.5 Å². The summed E-state index contributed by atoms with van der Waals surface area (Å²) in [6, 6.07) is 5.72. The minimum atomic E-state index is -3.92. The number of aromatic nitrogens is 2. The molecule has 1 aromatic carbocycles. The molecule has 6 nitrogen and oxygen atoms in total. The van der Waals surface area contributed by atoms with Crippen LogP contribution >= 0.6 is 0 Å². The quantitative estimate of drug-likeness (QED) is 0.825. The van der Waals surface area contributed by atoms with Gasteiger partial charge in [0.05, 0.1) is 12.2 Å². The predicted molar refractivity (Wildman–Crippen MR) is 76.4 cm³/mol. The highest BCUT2D eigenvalue weighted by Gasteiger charge is 2.19. The van der Waals surface area contributed by atoms with Crippen molar-refractivity contribution in [2.45, 2.75) is 18.0 Å². The first kappa shape index (κ1) is 15.6. The van der Waals surface area contributed by atoms with Crippen molar-refractivity contribution >= 4 is 10.0 Å². The van der Waals surface area contributed by atoms with Crippen molar-refractivity contribution in [3.8, 4) is 0 Å². The molecule has 0 spiro atoms. The Morgan fingerprint density at radius 1 is 1.29 bits per heavy atom. The molecule has 1 heterocycles. The third-order valence-electron chi connectivity index (χ3n) is 2.88. The lowest BCUT2D eigenvalue weighted by molar-refractivity contribution is 0.554. The number of hydrogen-bond acceptors (Lipinski definition) is 4. The monoisotopic (exact) mass is 312 g/mol. The third-order valence-corrected chi connectivity index (χ3v) is 4.29. The highest BCUT2D eigenvalue weighted by atomic mass is 32.2. The second-order valence-corrected chi connectivity index (χ2v) is 6.34. The largest absolute Gasteiger partial charge is 0.316 e. The van der Waals surface area contributed by atoms with Gasteiger partial charge in [0.25, 0.3) is 0 Å². The Bertz CT molecular complexity index is 728. The van der Waals surface area contributed by atoms with Gasteiger partial charge in [-0.2, -0.15) is 5.10 Å². The second-order valence-electron chi connectivity index (χ2n) is 4.60. The van der Waals surface area contributed by atoms with E-state index >= 15 is 0 Å². The lowest BCUT2D eigenvalue weighted by atomic mass is 10.2. The van der Waals surface area contributed by atoms with Crippen molar-refractivity contribution in [1.82, 2.24) is 19.8 Å². The van der Waals surface area contributed by atoms with Gasteiger partial charge in [0, 0.05) is 19.8 Å². The summed E-state index contributed by atoms with van der Waals surface area (Å²) in [5.74, 6) is -0.775. The first-order valence-corrected chi connectivity index (χ1v) is 7.82. The highest BCUT2D eigenvalue weighted by molar-refractivity contribution is 7.89. The van der Waals surface area contributed by atoms with Gasteiger partial charge in [-0.1, -0.05) is 6.07 Å². The number of rotatable bonds is 6. The summed E-state index contributed by atoms with van der Waals surface area (Å²) in [5.41, 5.74) is 1.25. The van der Waals surface area contributed by atoms with Crippen LogP contribution < -0.4 is 10.0 Å². The molecule has 0 fully saturated rings. The van der Waals surface area contributed by atoms with Gasteiger partial charge in [-0.25, -0.2) is 17.5 Å². The molecule has 0 aliphatic carbocycles. The minimum Gasteiger partial charge on any atom is -0.316 e. The molecule has 0 amide bonds. The van der Waals surface area contributed by atoms with Crippen LogP contribution in [0.25, 0.3) is 0 Å². The maximum absolute atomic E-state index is 13.8. The number of hydrogen-bond donors (Lipinski definition) is 2. The van der Waals surface area contributed by atoms with Crippen molar-refractivity contribution in [3.63, 3.8) is 0 Å². The lowest BCUT2D eigenvalue weighted by Gasteiger charge is -2.08. The molecule has 2 N–H and O–H groups in total. The van der Waals surface area contributed by atoms with E-state index in [0.717, 1.165) is 6.07 Å². The average molecular weight is 312 g/mol. The number of sulfonamides is 1. The van der Waals surface area contributed by atoms with Gasteiger partial charge >= 0.3 is 0 Å². The second kappa shape index (κ2) is 6.33. The smallest absolute Gasteiger partial charge is 0.243 e. The van der Waals surface area contributed by atoms with Gasteiger partial charge in [0.1, 0.15) is 10.7 Å². The summed E-state index contributed by atoms with van der Waals surface area (Å²) < 4.78 is 42.1. The molecule has 2 rings (SSSR count). The van der Waals surface area contributed by atoms with Gasteiger partial charge in [0.2, 0.25) is 10.0 Å². The topological polar surface area (TPSA) is 76.0 Å². The molecule has 0 radical (unpaired) electrons. The summed E-state index contributed by atoms with van der Waals surface area (Å²) in [5, 5.41) is 6.96. The van der Waals surface area contributed by atoms with Gasteiger partial charge in [0.15, 0.2) is 0 Å². The zero-order valence-electron chi connectivity index (χ0n) is 11.8. The standard InChI is InChI=1S/C13H17FN4O2S/c1-15-8-10-3-4-12(14)13(7-10)21(19,20)16-9-11-5-6-18(2)17-11/h3-7,15-16H,8-9H2,1-2H3. The molecule has 2 aromatic rings. The molecule has 1 aromatic heterocycles. The number of benzene rings is 1. The molecule has 114 valence electrons. The van der Waals surface area contributed by atoms with Crippen molar-refractivity contribution in [2.24, 2.45) is 7.05 Å². The first-order chi connectivity index (χ1) is 9.92. The maximum atomic E-state index is 13.8. The van der Waals surface area contributed by atoms with E-state index in [0.29, 0.717) is 17.8 Å². The zero-order chi connectivity index (χ0) is 15.5. The summed E-state index contributed by atoms with van der Waals surface area (Å²) in [4.78, 5) is -0.355. The fourth-order valence-corrected chi connectivity index (χ4v) is 3.00. The zero-order valence-corrected chi connectivity index (χ0v) is 12.6. The molecule has 0 aliphatic heterocycles. The first-order valence-electron chi connectivity index (χ1n) is 6.33. The van der Waals surface area contributed by atoms with Crippen LogP contribution in [0.3, 0.4) is 0 Å². The fourth-order valence-electron chi connectivity index (χ4n) is 1.87. The molecule has 0 aliphatic rings. The van der Waals surface area contributed by atoms with E-state index in [4.69, 9.17) is 0 Å². The Morgan fingerprint density at radius 2 is 2.05 bits per heavy atom. The third kappa shape index (κ3) is 3.87. The van der Waals surface area contributed by atoms with Crippen LogP contribution in [0.4, 0.5) is 4.39 Å². The van der Waals surface area contributed by atoms with E-state index in [2.05, 4.69) is 15.1 Å². The number of halogens is 1.